The van der Waals surface area contributed by atoms with Crippen LogP contribution in [-0.4, -0.2) is 42.3 Å². The standard InChI is InChI=1S/C23H23N3O7S/c1-5-32-21(27)12-33-18-7-6-15(9-19(18)31-4)10-20-22(28)25-23(34-20)24-16-8-13(2)14(3)17(11-16)26(29)30/h6-11H,5,12H2,1-4H3,(H,24,25,28)/b20-10-. The van der Waals surface area contributed by atoms with Gasteiger partial charge in [-0.05, 0) is 67.9 Å². The molecule has 0 spiro atoms. The molecule has 2 aromatic rings. The van der Waals surface area contributed by atoms with E-state index in [4.69, 9.17) is 14.2 Å². The molecule has 1 heterocycles. The molecule has 34 heavy (non-hydrogen) atoms. The number of thioether (sulfide) groups is 1. The monoisotopic (exact) mass is 485 g/mol. The number of rotatable bonds is 8. The second-order valence-corrected chi connectivity index (χ2v) is 8.18. The van der Waals surface area contributed by atoms with Gasteiger partial charge in [-0.15, -0.1) is 0 Å². The third-order valence-electron chi connectivity index (χ3n) is 4.84. The normalized spacial score (nSPS) is 15.4. The fourth-order valence-electron chi connectivity index (χ4n) is 3.06. The van der Waals surface area contributed by atoms with Crippen molar-refractivity contribution < 1.29 is 28.7 Å². The van der Waals surface area contributed by atoms with E-state index in [0.717, 1.165) is 17.3 Å². The van der Waals surface area contributed by atoms with E-state index in [1.165, 1.54) is 13.2 Å². The molecule has 0 unspecified atom stereocenters. The molecule has 0 bridgehead atoms. The molecule has 10 nitrogen and oxygen atoms in total. The summed E-state index contributed by atoms with van der Waals surface area (Å²) in [6.45, 7) is 5.17. The molecule has 3 rings (SSSR count). The van der Waals surface area contributed by atoms with Crippen LogP contribution in [0.2, 0.25) is 0 Å². The summed E-state index contributed by atoms with van der Waals surface area (Å²) in [7, 11) is 1.47. The van der Waals surface area contributed by atoms with Crippen molar-refractivity contribution in [1.82, 2.24) is 5.32 Å². The van der Waals surface area contributed by atoms with Gasteiger partial charge in [-0.2, -0.15) is 0 Å². The summed E-state index contributed by atoms with van der Waals surface area (Å²) < 4.78 is 15.6. The number of hydrogen-bond donors (Lipinski definition) is 1. The number of nitrogens with one attached hydrogen (secondary N) is 1. The third-order valence-corrected chi connectivity index (χ3v) is 5.75. The predicted octanol–water partition coefficient (Wildman–Crippen LogP) is 4.05. The summed E-state index contributed by atoms with van der Waals surface area (Å²) in [5, 5.41) is 14.3. The van der Waals surface area contributed by atoms with Crippen molar-refractivity contribution in [1.29, 1.82) is 0 Å². The lowest BCUT2D eigenvalue weighted by Crippen LogP contribution is -2.19. The Hall–Kier alpha value is -3.86. The fraction of sp³-hybridized carbons (Fsp3) is 0.261. The Morgan fingerprint density at radius 2 is 2.00 bits per heavy atom. The van der Waals surface area contributed by atoms with Crippen molar-refractivity contribution in [2.24, 2.45) is 4.99 Å². The first-order valence-corrected chi connectivity index (χ1v) is 11.0. The maximum Gasteiger partial charge on any atom is 0.344 e. The lowest BCUT2D eigenvalue weighted by Gasteiger charge is -2.11. The van der Waals surface area contributed by atoms with Crippen LogP contribution in [0, 0.1) is 24.0 Å². The van der Waals surface area contributed by atoms with E-state index in [1.807, 2.05) is 0 Å². The molecule has 1 aliphatic heterocycles. The molecule has 0 aliphatic carbocycles. The number of benzene rings is 2. The summed E-state index contributed by atoms with van der Waals surface area (Å²) in [6.07, 6.45) is 1.66. The molecule has 178 valence electrons. The summed E-state index contributed by atoms with van der Waals surface area (Å²) in [6, 6.07) is 8.12. The average Bonchev–Trinajstić information content (AvgIpc) is 3.13. The van der Waals surface area contributed by atoms with Gasteiger partial charge in [0.25, 0.3) is 11.6 Å². The van der Waals surface area contributed by atoms with Gasteiger partial charge in [0.05, 0.1) is 29.2 Å². The van der Waals surface area contributed by atoms with Crippen LogP contribution in [0.3, 0.4) is 0 Å². The van der Waals surface area contributed by atoms with Gasteiger partial charge in [0.15, 0.2) is 23.3 Å². The number of methoxy groups -OCH3 is 1. The van der Waals surface area contributed by atoms with Gasteiger partial charge in [-0.3, -0.25) is 14.9 Å². The summed E-state index contributed by atoms with van der Waals surface area (Å²) >= 11 is 1.12. The molecule has 0 saturated carbocycles. The largest absolute Gasteiger partial charge is 0.493 e. The number of nitrogens with zero attached hydrogens (tertiary/aromatic N) is 2. The lowest BCUT2D eigenvalue weighted by molar-refractivity contribution is -0.385. The Morgan fingerprint density at radius 3 is 2.68 bits per heavy atom. The molecule has 1 N–H and O–H groups in total. The quantitative estimate of drug-likeness (QED) is 0.257. The number of carbonyl (C=O) groups is 2. The van der Waals surface area contributed by atoms with E-state index < -0.39 is 10.9 Å². The first kappa shape index (κ1) is 24.8. The van der Waals surface area contributed by atoms with Crippen LogP contribution in [0.5, 0.6) is 11.5 Å². The summed E-state index contributed by atoms with van der Waals surface area (Å²) in [5.41, 5.74) is 2.32. The van der Waals surface area contributed by atoms with Gasteiger partial charge in [-0.25, -0.2) is 9.79 Å². The lowest BCUT2D eigenvalue weighted by atomic mass is 10.1. The van der Waals surface area contributed by atoms with Gasteiger partial charge >= 0.3 is 5.97 Å². The maximum atomic E-state index is 12.4. The van der Waals surface area contributed by atoms with E-state index in [2.05, 4.69) is 10.3 Å². The van der Waals surface area contributed by atoms with Crippen molar-refractivity contribution in [3.8, 4) is 11.5 Å². The Labute approximate surface area is 200 Å². The summed E-state index contributed by atoms with van der Waals surface area (Å²) in [5.74, 6) is -0.0856. The molecule has 0 atom stereocenters. The first-order valence-electron chi connectivity index (χ1n) is 10.2. The number of ether oxygens (including phenoxy) is 3. The molecule has 0 radical (unpaired) electrons. The number of amidine groups is 1. The van der Waals surface area contributed by atoms with Crippen molar-refractivity contribution in [2.75, 3.05) is 20.3 Å². The Balaban J connectivity index is 1.79. The number of amides is 1. The zero-order valence-corrected chi connectivity index (χ0v) is 19.9. The number of carbonyl (C=O) groups excluding carboxylic acids is 2. The minimum absolute atomic E-state index is 0.0261. The van der Waals surface area contributed by atoms with Gasteiger partial charge < -0.3 is 19.5 Å². The first-order chi connectivity index (χ1) is 16.2. The zero-order chi connectivity index (χ0) is 24.8. The van der Waals surface area contributed by atoms with Crippen molar-refractivity contribution >= 4 is 46.3 Å². The van der Waals surface area contributed by atoms with Crippen LogP contribution in [0.25, 0.3) is 6.08 Å². The van der Waals surface area contributed by atoms with Crippen LogP contribution in [0.1, 0.15) is 23.6 Å². The highest BCUT2D eigenvalue weighted by atomic mass is 32.2. The number of nitro groups is 1. The highest BCUT2D eigenvalue weighted by molar-refractivity contribution is 8.18. The highest BCUT2D eigenvalue weighted by Gasteiger charge is 2.24. The average molecular weight is 486 g/mol. The van der Waals surface area contributed by atoms with E-state index in [0.29, 0.717) is 38.4 Å². The molecule has 1 amide bonds. The fourth-order valence-corrected chi connectivity index (χ4v) is 3.90. The van der Waals surface area contributed by atoms with Crippen LogP contribution < -0.4 is 14.8 Å². The maximum absolute atomic E-state index is 12.4. The molecule has 0 aromatic heterocycles. The number of esters is 1. The topological polar surface area (TPSA) is 129 Å². The molecular weight excluding hydrogens is 462 g/mol. The SMILES string of the molecule is CCOC(=O)COc1ccc(/C=C2\SC(=Nc3cc(C)c(C)c([N+](=O)[O-])c3)NC2=O)cc1OC. The van der Waals surface area contributed by atoms with Gasteiger partial charge in [0.1, 0.15) is 0 Å². The van der Waals surface area contributed by atoms with Crippen LogP contribution in [0.4, 0.5) is 11.4 Å². The highest BCUT2D eigenvalue weighted by Crippen LogP contribution is 2.33. The van der Waals surface area contributed by atoms with Crippen molar-refractivity contribution in [3.05, 3.63) is 62.0 Å². The van der Waals surface area contributed by atoms with Gasteiger partial charge in [0.2, 0.25) is 0 Å². The second kappa shape index (κ2) is 10.8. The van der Waals surface area contributed by atoms with Crippen LogP contribution in [0.15, 0.2) is 40.2 Å². The molecule has 2 aromatic carbocycles. The van der Waals surface area contributed by atoms with Gasteiger partial charge in [-0.1, -0.05) is 6.07 Å². The predicted molar refractivity (Wildman–Crippen MR) is 128 cm³/mol. The van der Waals surface area contributed by atoms with Crippen LogP contribution in [-0.2, 0) is 14.3 Å². The van der Waals surface area contributed by atoms with E-state index in [-0.39, 0.29) is 24.8 Å². The van der Waals surface area contributed by atoms with Crippen molar-refractivity contribution in [2.45, 2.75) is 20.8 Å². The second-order valence-electron chi connectivity index (χ2n) is 7.15. The molecule has 1 fully saturated rings. The Kier molecular flexibility index (Phi) is 7.90. The van der Waals surface area contributed by atoms with Crippen LogP contribution >= 0.6 is 11.8 Å². The minimum Gasteiger partial charge on any atom is -0.493 e. The van der Waals surface area contributed by atoms with Gasteiger partial charge in [0, 0.05) is 11.6 Å². The molecular formula is C23H23N3O7S. The molecule has 1 saturated heterocycles. The smallest absolute Gasteiger partial charge is 0.344 e. The number of aryl methyl sites for hydroxylation is 1. The van der Waals surface area contributed by atoms with E-state index >= 15 is 0 Å². The third kappa shape index (κ3) is 5.93. The molecule has 1 aliphatic rings. The Bertz CT molecular complexity index is 1210. The van der Waals surface area contributed by atoms with E-state index in [1.54, 1.807) is 51.1 Å². The zero-order valence-electron chi connectivity index (χ0n) is 19.0. The number of hydrogen-bond acceptors (Lipinski definition) is 9. The number of aliphatic imine (C=N–C) groups is 1. The Morgan fingerprint density at radius 1 is 1.24 bits per heavy atom. The van der Waals surface area contributed by atoms with E-state index in [9.17, 15) is 19.7 Å². The van der Waals surface area contributed by atoms with Crippen molar-refractivity contribution in [3.63, 3.8) is 0 Å². The number of nitro benzene ring substituents is 1. The summed E-state index contributed by atoms with van der Waals surface area (Å²) in [4.78, 5) is 39.5. The molecule has 11 heteroatoms. The minimum atomic E-state index is -0.490.